The molecule has 4 rings (SSSR count). The van der Waals surface area contributed by atoms with Crippen LogP contribution in [0.1, 0.15) is 31.1 Å². The zero-order chi connectivity index (χ0) is 20.1. The van der Waals surface area contributed by atoms with E-state index in [4.69, 9.17) is 4.52 Å². The van der Waals surface area contributed by atoms with Gasteiger partial charge < -0.3 is 9.09 Å². The highest BCUT2D eigenvalue weighted by Crippen LogP contribution is 2.26. The smallest absolute Gasteiger partial charge is 0.237 e. The van der Waals surface area contributed by atoms with Crippen LogP contribution in [0.2, 0.25) is 0 Å². The van der Waals surface area contributed by atoms with Crippen molar-refractivity contribution < 1.29 is 4.52 Å². The minimum atomic E-state index is 0.509. The molecule has 4 aromatic rings. The number of nitrogens with zero attached hydrogens (tertiary/aromatic N) is 5. The van der Waals surface area contributed by atoms with Crippen molar-refractivity contribution in [3.8, 4) is 10.7 Å². The molecule has 1 aromatic carbocycles. The van der Waals surface area contributed by atoms with Crippen molar-refractivity contribution in [2.75, 3.05) is 0 Å². The van der Waals surface area contributed by atoms with Gasteiger partial charge in [0, 0.05) is 13.0 Å². The van der Waals surface area contributed by atoms with Crippen LogP contribution in [-0.2, 0) is 25.1 Å². The van der Waals surface area contributed by atoms with E-state index in [1.165, 1.54) is 5.56 Å². The quantitative estimate of drug-likeness (QED) is 0.347. The van der Waals surface area contributed by atoms with Crippen LogP contribution in [0.25, 0.3) is 10.7 Å². The van der Waals surface area contributed by atoms with Crippen molar-refractivity contribution in [1.82, 2.24) is 24.9 Å². The fourth-order valence-corrected chi connectivity index (χ4v) is 4.46. The molecule has 0 atom stereocenters. The van der Waals surface area contributed by atoms with Gasteiger partial charge in [0.1, 0.15) is 5.82 Å². The first-order valence-electron chi connectivity index (χ1n) is 9.64. The Kier molecular flexibility index (Phi) is 6.41. The van der Waals surface area contributed by atoms with E-state index in [2.05, 4.69) is 63.0 Å². The fourth-order valence-electron chi connectivity index (χ4n) is 3.01. The highest BCUT2D eigenvalue weighted by molar-refractivity contribution is 7.98. The van der Waals surface area contributed by atoms with Crippen LogP contribution in [0.5, 0.6) is 0 Å². The molecule has 0 aliphatic rings. The molecule has 29 heavy (non-hydrogen) atoms. The zero-order valence-electron chi connectivity index (χ0n) is 16.5. The number of aromatic nitrogens is 5. The molecule has 6 nitrogen and oxygen atoms in total. The van der Waals surface area contributed by atoms with E-state index in [1.54, 1.807) is 23.1 Å². The van der Waals surface area contributed by atoms with Gasteiger partial charge in [0.2, 0.25) is 11.7 Å². The Hall–Kier alpha value is -2.45. The molecule has 0 radical (unpaired) electrons. The second-order valence-corrected chi connectivity index (χ2v) is 9.06. The minimum Gasteiger partial charge on any atom is -0.338 e. The second kappa shape index (κ2) is 9.37. The Morgan fingerprint density at radius 1 is 1.07 bits per heavy atom. The number of hydrogen-bond donors (Lipinski definition) is 0. The van der Waals surface area contributed by atoms with Gasteiger partial charge in [-0.15, -0.1) is 21.5 Å². The van der Waals surface area contributed by atoms with Gasteiger partial charge in [0.25, 0.3) is 0 Å². The molecule has 3 heterocycles. The predicted octanol–water partition coefficient (Wildman–Crippen LogP) is 5.12. The van der Waals surface area contributed by atoms with Gasteiger partial charge in [-0.05, 0) is 29.3 Å². The largest absolute Gasteiger partial charge is 0.338 e. The van der Waals surface area contributed by atoms with E-state index in [-0.39, 0.29) is 0 Å². The van der Waals surface area contributed by atoms with Crippen LogP contribution < -0.4 is 0 Å². The number of hydrogen-bond acceptors (Lipinski definition) is 7. The first-order valence-corrected chi connectivity index (χ1v) is 11.5. The summed E-state index contributed by atoms with van der Waals surface area (Å²) in [6.45, 7) is 5.31. The summed E-state index contributed by atoms with van der Waals surface area (Å²) in [7, 11) is 0. The standard InChI is InChI=1S/C21H23N5OS2/c1-15(2)13-26-18(11-10-16-7-4-3-5-8-16)23-24-21(26)29-14-19-22-20(25-27-19)17-9-6-12-28-17/h3-9,12,15H,10-11,13-14H2,1-2H3. The number of thioether (sulfide) groups is 1. The van der Waals surface area contributed by atoms with E-state index in [9.17, 15) is 0 Å². The Bertz CT molecular complexity index is 1020. The van der Waals surface area contributed by atoms with Crippen molar-refractivity contribution in [1.29, 1.82) is 0 Å². The monoisotopic (exact) mass is 425 g/mol. The van der Waals surface area contributed by atoms with Crippen LogP contribution in [0.15, 0.2) is 57.5 Å². The van der Waals surface area contributed by atoms with Gasteiger partial charge in [-0.3, -0.25) is 0 Å². The van der Waals surface area contributed by atoms with Gasteiger partial charge in [-0.1, -0.05) is 67.2 Å². The molecule has 8 heteroatoms. The van der Waals surface area contributed by atoms with Crippen molar-refractivity contribution in [2.24, 2.45) is 5.92 Å². The molecule has 3 aromatic heterocycles. The lowest BCUT2D eigenvalue weighted by Gasteiger charge is -2.12. The Morgan fingerprint density at radius 3 is 2.69 bits per heavy atom. The second-order valence-electron chi connectivity index (χ2n) is 7.17. The maximum absolute atomic E-state index is 5.41. The van der Waals surface area contributed by atoms with Gasteiger partial charge in [-0.2, -0.15) is 4.98 Å². The first-order chi connectivity index (χ1) is 14.2. The summed E-state index contributed by atoms with van der Waals surface area (Å²) >= 11 is 3.19. The summed E-state index contributed by atoms with van der Waals surface area (Å²) in [5.74, 6) is 3.35. The summed E-state index contributed by atoms with van der Waals surface area (Å²) in [6.07, 6.45) is 1.82. The van der Waals surface area contributed by atoms with Gasteiger partial charge in [0.05, 0.1) is 10.6 Å². The molecule has 0 unspecified atom stereocenters. The molecular weight excluding hydrogens is 402 g/mol. The number of thiophene rings is 1. The zero-order valence-corrected chi connectivity index (χ0v) is 18.1. The molecule has 0 spiro atoms. The maximum Gasteiger partial charge on any atom is 0.237 e. The normalized spacial score (nSPS) is 11.4. The average molecular weight is 426 g/mol. The third-order valence-corrected chi connectivity index (χ3v) is 6.17. The van der Waals surface area contributed by atoms with E-state index >= 15 is 0 Å². The first kappa shape index (κ1) is 19.8. The topological polar surface area (TPSA) is 69.6 Å². The van der Waals surface area contributed by atoms with Crippen molar-refractivity contribution >= 4 is 23.1 Å². The van der Waals surface area contributed by atoms with Crippen LogP contribution in [0.4, 0.5) is 0 Å². The van der Waals surface area contributed by atoms with Crippen LogP contribution in [0, 0.1) is 5.92 Å². The number of aryl methyl sites for hydroxylation is 2. The lowest BCUT2D eigenvalue weighted by atomic mass is 10.1. The molecule has 0 saturated heterocycles. The van der Waals surface area contributed by atoms with Gasteiger partial charge in [0.15, 0.2) is 5.16 Å². The lowest BCUT2D eigenvalue weighted by molar-refractivity contribution is 0.391. The molecule has 0 aliphatic carbocycles. The summed E-state index contributed by atoms with van der Waals surface area (Å²) in [4.78, 5) is 5.51. The van der Waals surface area contributed by atoms with Gasteiger partial charge >= 0.3 is 0 Å². The third kappa shape index (κ3) is 5.13. The highest BCUT2D eigenvalue weighted by Gasteiger charge is 2.16. The number of rotatable bonds is 9. The molecular formula is C21H23N5OS2. The van der Waals surface area contributed by atoms with Crippen molar-refractivity contribution in [3.05, 3.63) is 65.1 Å². The third-order valence-electron chi connectivity index (χ3n) is 4.36. The maximum atomic E-state index is 5.41. The summed E-state index contributed by atoms with van der Waals surface area (Å²) in [5, 5.41) is 15.9. The molecule has 0 fully saturated rings. The fraction of sp³-hybridized carbons (Fsp3) is 0.333. The highest BCUT2D eigenvalue weighted by atomic mass is 32.2. The van der Waals surface area contributed by atoms with E-state index in [0.29, 0.717) is 23.4 Å². The van der Waals surface area contributed by atoms with E-state index in [0.717, 1.165) is 35.2 Å². The van der Waals surface area contributed by atoms with Crippen molar-refractivity contribution in [3.63, 3.8) is 0 Å². The molecule has 0 N–H and O–H groups in total. The van der Waals surface area contributed by atoms with Crippen molar-refractivity contribution in [2.45, 2.75) is 44.1 Å². The molecule has 150 valence electrons. The summed E-state index contributed by atoms with van der Waals surface area (Å²) < 4.78 is 7.64. The number of benzene rings is 1. The van der Waals surface area contributed by atoms with E-state index in [1.807, 2.05) is 23.6 Å². The predicted molar refractivity (Wildman–Crippen MR) is 116 cm³/mol. The molecule has 0 amide bonds. The molecule has 0 aliphatic heterocycles. The summed E-state index contributed by atoms with van der Waals surface area (Å²) in [5.41, 5.74) is 1.31. The molecule has 0 bridgehead atoms. The van der Waals surface area contributed by atoms with Crippen LogP contribution in [0.3, 0.4) is 0 Å². The van der Waals surface area contributed by atoms with Crippen LogP contribution >= 0.6 is 23.1 Å². The molecule has 0 saturated carbocycles. The lowest BCUT2D eigenvalue weighted by Crippen LogP contribution is -2.11. The Balaban J connectivity index is 1.44. The minimum absolute atomic E-state index is 0.509. The summed E-state index contributed by atoms with van der Waals surface area (Å²) in [6, 6.07) is 14.5. The Morgan fingerprint density at radius 2 is 1.93 bits per heavy atom. The van der Waals surface area contributed by atoms with Gasteiger partial charge in [-0.25, -0.2) is 0 Å². The van der Waals surface area contributed by atoms with E-state index < -0.39 is 0 Å². The SMILES string of the molecule is CC(C)Cn1c(CCc2ccccc2)nnc1SCc1nc(-c2cccs2)no1. The van der Waals surface area contributed by atoms with Crippen LogP contribution in [-0.4, -0.2) is 24.9 Å². The Labute approximate surface area is 178 Å². The average Bonchev–Trinajstić information content (AvgIpc) is 3.47.